The van der Waals surface area contributed by atoms with Crippen LogP contribution in [0.4, 0.5) is 0 Å². The molecule has 1 rings (SSSR count). The minimum absolute atomic E-state index is 0.0787. The molecule has 0 aliphatic heterocycles. The quantitative estimate of drug-likeness (QED) is 0.752. The van der Waals surface area contributed by atoms with E-state index in [-0.39, 0.29) is 21.5 Å². The molecule has 0 spiro atoms. The van der Waals surface area contributed by atoms with Crippen LogP contribution in [0.3, 0.4) is 0 Å². The van der Waals surface area contributed by atoms with Crippen molar-refractivity contribution in [1.29, 1.82) is 0 Å². The first-order valence-electron chi connectivity index (χ1n) is 5.23. The van der Waals surface area contributed by atoms with Crippen molar-refractivity contribution < 1.29 is 23.1 Å². The fourth-order valence-electron chi connectivity index (χ4n) is 1.33. The van der Waals surface area contributed by atoms with E-state index >= 15 is 0 Å². The Balaban J connectivity index is 3.09. The average molecular weight is 360 g/mol. The lowest BCUT2D eigenvalue weighted by Crippen LogP contribution is -2.30. The number of carbonyl (C=O) groups excluding carboxylic acids is 1. The van der Waals surface area contributed by atoms with Gasteiger partial charge in [-0.2, -0.15) is 0 Å². The fourth-order valence-corrected chi connectivity index (χ4v) is 3.59. The smallest absolute Gasteiger partial charge is 0.335 e. The van der Waals surface area contributed by atoms with Gasteiger partial charge in [0, 0.05) is 4.47 Å². The second-order valence-corrected chi connectivity index (χ2v) is 6.50. The van der Waals surface area contributed by atoms with Crippen molar-refractivity contribution in [2.24, 2.45) is 0 Å². The monoisotopic (exact) mass is 359 g/mol. The molecule has 0 bridgehead atoms. The predicted octanol–water partition coefficient (Wildman–Crippen LogP) is 0.670. The lowest BCUT2D eigenvalue weighted by Gasteiger charge is -2.07. The van der Waals surface area contributed by atoms with Crippen LogP contribution in [0, 0.1) is 12.3 Å². The summed E-state index contributed by atoms with van der Waals surface area (Å²) in [6, 6.07) is 3.55. The molecule has 0 aliphatic carbocycles. The number of hydrogen-bond donors (Lipinski definition) is 2. The number of rotatable bonds is 5. The molecule has 1 aromatic carbocycles. The third kappa shape index (κ3) is 4.08. The molecule has 20 heavy (non-hydrogen) atoms. The fraction of sp³-hybridized carbons (Fsp3) is 0.167. The number of nitrogens with one attached hydrogen (secondary N) is 1. The Bertz CT molecular complexity index is 690. The van der Waals surface area contributed by atoms with Crippen LogP contribution in [0.5, 0.6) is 0 Å². The standard InChI is InChI=1S/C12H10BrNO5S/c1-2-5-14-11(15)7-20(18,19)10-6-8(12(16)17)3-4-9(10)13/h1,3-4,6H,5,7H2,(H,14,15)(H,16,17). The van der Waals surface area contributed by atoms with Crippen LogP contribution in [0.2, 0.25) is 0 Å². The van der Waals surface area contributed by atoms with Crippen molar-refractivity contribution in [3.63, 3.8) is 0 Å². The predicted molar refractivity (Wildman–Crippen MR) is 75.0 cm³/mol. The molecule has 1 amide bonds. The van der Waals surface area contributed by atoms with Crippen LogP contribution >= 0.6 is 15.9 Å². The van der Waals surface area contributed by atoms with Gasteiger partial charge in [-0.3, -0.25) is 4.79 Å². The first kappa shape index (κ1) is 16.2. The molecule has 106 valence electrons. The van der Waals surface area contributed by atoms with Crippen molar-refractivity contribution >= 4 is 37.6 Å². The number of hydrogen-bond acceptors (Lipinski definition) is 4. The van der Waals surface area contributed by atoms with Gasteiger partial charge in [-0.1, -0.05) is 5.92 Å². The average Bonchev–Trinajstić information content (AvgIpc) is 2.35. The summed E-state index contributed by atoms with van der Waals surface area (Å²) in [5.41, 5.74) is -0.184. The molecule has 2 N–H and O–H groups in total. The van der Waals surface area contributed by atoms with Crippen molar-refractivity contribution in [1.82, 2.24) is 5.32 Å². The zero-order valence-corrected chi connectivity index (χ0v) is 12.5. The van der Waals surface area contributed by atoms with Crippen molar-refractivity contribution in [3.8, 4) is 12.3 Å². The zero-order valence-electron chi connectivity index (χ0n) is 10.1. The zero-order chi connectivity index (χ0) is 15.3. The minimum Gasteiger partial charge on any atom is -0.478 e. The molecular formula is C12H10BrNO5S. The van der Waals surface area contributed by atoms with Crippen LogP contribution in [-0.4, -0.2) is 37.7 Å². The SMILES string of the molecule is C#CCNC(=O)CS(=O)(=O)c1cc(C(=O)O)ccc1Br. The largest absolute Gasteiger partial charge is 0.478 e. The van der Waals surface area contributed by atoms with Crippen LogP contribution in [0.1, 0.15) is 10.4 Å². The van der Waals surface area contributed by atoms with Gasteiger partial charge in [-0.25, -0.2) is 13.2 Å². The lowest BCUT2D eigenvalue weighted by molar-refractivity contribution is -0.118. The van der Waals surface area contributed by atoms with Crippen molar-refractivity contribution in [2.75, 3.05) is 12.3 Å². The van der Waals surface area contributed by atoms with Crippen molar-refractivity contribution in [3.05, 3.63) is 28.2 Å². The maximum atomic E-state index is 12.1. The van der Waals surface area contributed by atoms with Gasteiger partial charge in [-0.15, -0.1) is 6.42 Å². The maximum absolute atomic E-state index is 12.1. The topological polar surface area (TPSA) is 101 Å². The molecular weight excluding hydrogens is 350 g/mol. The van der Waals surface area contributed by atoms with Gasteiger partial charge in [0.1, 0.15) is 5.75 Å². The lowest BCUT2D eigenvalue weighted by atomic mass is 10.2. The van der Waals surface area contributed by atoms with E-state index < -0.39 is 27.5 Å². The molecule has 0 aliphatic rings. The molecule has 0 atom stereocenters. The van der Waals surface area contributed by atoms with E-state index in [1.165, 1.54) is 12.1 Å². The molecule has 8 heteroatoms. The number of carbonyl (C=O) groups is 2. The number of carboxylic acids is 1. The van der Waals surface area contributed by atoms with E-state index in [0.717, 1.165) is 6.07 Å². The minimum atomic E-state index is -3.97. The van der Waals surface area contributed by atoms with Gasteiger partial charge in [0.25, 0.3) is 0 Å². The molecule has 6 nitrogen and oxygen atoms in total. The Morgan fingerprint density at radius 2 is 2.05 bits per heavy atom. The molecule has 1 aromatic rings. The summed E-state index contributed by atoms with van der Waals surface area (Å²) >= 11 is 3.02. The Kier molecular flexibility index (Phi) is 5.30. The second-order valence-electron chi connectivity index (χ2n) is 3.69. The van der Waals surface area contributed by atoms with Crippen molar-refractivity contribution in [2.45, 2.75) is 4.90 Å². The van der Waals surface area contributed by atoms with E-state index in [2.05, 4.69) is 27.2 Å². The summed E-state index contributed by atoms with van der Waals surface area (Å²) in [6.45, 7) is -0.0787. The second kappa shape index (κ2) is 6.54. The normalized spacial score (nSPS) is 10.6. The Labute approximate surface area is 124 Å². The summed E-state index contributed by atoms with van der Waals surface area (Å²) in [4.78, 5) is 22.0. The van der Waals surface area contributed by atoms with Gasteiger partial charge >= 0.3 is 5.97 Å². The highest BCUT2D eigenvalue weighted by Gasteiger charge is 2.23. The number of carboxylic acid groups (broad SMARTS) is 1. The highest BCUT2D eigenvalue weighted by molar-refractivity contribution is 9.10. The third-order valence-electron chi connectivity index (χ3n) is 2.22. The molecule has 0 heterocycles. The number of terminal acetylenes is 1. The molecule has 0 saturated heterocycles. The van der Waals surface area contributed by atoms with Crippen LogP contribution in [0.25, 0.3) is 0 Å². The van der Waals surface area contributed by atoms with Gasteiger partial charge in [0.15, 0.2) is 9.84 Å². The first-order valence-corrected chi connectivity index (χ1v) is 7.68. The molecule has 0 fully saturated rings. The summed E-state index contributed by atoms with van der Waals surface area (Å²) in [7, 11) is -3.97. The van der Waals surface area contributed by atoms with Gasteiger partial charge in [-0.05, 0) is 34.1 Å². The first-order chi connectivity index (χ1) is 9.27. The number of sulfone groups is 1. The summed E-state index contributed by atoms with van der Waals surface area (Å²) in [6.07, 6.45) is 4.94. The van der Waals surface area contributed by atoms with E-state index in [1.54, 1.807) is 0 Å². The van der Waals surface area contributed by atoms with Gasteiger partial charge < -0.3 is 10.4 Å². The molecule has 0 unspecified atom stereocenters. The maximum Gasteiger partial charge on any atom is 0.335 e. The van der Waals surface area contributed by atoms with Gasteiger partial charge in [0.2, 0.25) is 5.91 Å². The van der Waals surface area contributed by atoms with Crippen LogP contribution in [-0.2, 0) is 14.6 Å². The summed E-state index contributed by atoms with van der Waals surface area (Å²) < 4.78 is 24.3. The van der Waals surface area contributed by atoms with E-state index in [4.69, 9.17) is 11.5 Å². The number of aromatic carboxylic acids is 1. The highest BCUT2D eigenvalue weighted by Crippen LogP contribution is 2.24. The number of benzene rings is 1. The van der Waals surface area contributed by atoms with Crippen LogP contribution < -0.4 is 5.32 Å². The van der Waals surface area contributed by atoms with E-state index in [0.29, 0.717) is 0 Å². The Morgan fingerprint density at radius 1 is 1.40 bits per heavy atom. The molecule has 0 saturated carbocycles. The summed E-state index contributed by atoms with van der Waals surface area (Å²) in [5.74, 6) is -0.676. The van der Waals surface area contributed by atoms with E-state index in [1.807, 2.05) is 0 Å². The molecule has 0 aromatic heterocycles. The van der Waals surface area contributed by atoms with Crippen LogP contribution in [0.15, 0.2) is 27.6 Å². The van der Waals surface area contributed by atoms with E-state index in [9.17, 15) is 18.0 Å². The molecule has 0 radical (unpaired) electrons. The third-order valence-corrected chi connectivity index (χ3v) is 4.83. The number of amides is 1. The summed E-state index contributed by atoms with van der Waals surface area (Å²) in [5, 5.41) is 11.1. The number of halogens is 1. The Hall–Kier alpha value is -1.85. The van der Waals surface area contributed by atoms with Gasteiger partial charge in [0.05, 0.1) is 17.0 Å². The highest BCUT2D eigenvalue weighted by atomic mass is 79.9. The Morgan fingerprint density at radius 3 is 2.60 bits per heavy atom.